The second-order valence-electron chi connectivity index (χ2n) is 6.29. The van der Waals surface area contributed by atoms with Gasteiger partial charge in [-0.05, 0) is 45.2 Å². The highest BCUT2D eigenvalue weighted by atomic mass is 16.6. The van der Waals surface area contributed by atoms with Gasteiger partial charge in [0.1, 0.15) is 11.3 Å². The van der Waals surface area contributed by atoms with Crippen LogP contribution in [0.5, 0.6) is 0 Å². The van der Waals surface area contributed by atoms with Crippen molar-refractivity contribution in [1.82, 2.24) is 9.88 Å². The summed E-state index contributed by atoms with van der Waals surface area (Å²) in [7, 11) is 0. The number of amides is 1. The van der Waals surface area contributed by atoms with Gasteiger partial charge in [-0.1, -0.05) is 12.0 Å². The van der Waals surface area contributed by atoms with Crippen molar-refractivity contribution >= 4 is 6.09 Å². The molecule has 21 heavy (non-hydrogen) atoms. The number of pyridine rings is 1. The van der Waals surface area contributed by atoms with Gasteiger partial charge in [-0.25, -0.2) is 9.78 Å². The molecule has 5 nitrogen and oxygen atoms in total. The number of rotatable bonds is 0. The zero-order valence-corrected chi connectivity index (χ0v) is 12.8. The molecule has 2 rings (SSSR count). The van der Waals surface area contributed by atoms with E-state index < -0.39 is 17.3 Å². The maximum Gasteiger partial charge on any atom is 0.410 e. The number of aryl methyl sites for hydroxylation is 1. The minimum atomic E-state index is -1.18. The fourth-order valence-corrected chi connectivity index (χ4v) is 1.91. The number of ether oxygens (including phenoxy) is 1. The molecule has 0 radical (unpaired) electrons. The van der Waals surface area contributed by atoms with E-state index in [2.05, 4.69) is 16.8 Å². The fourth-order valence-electron chi connectivity index (χ4n) is 1.91. The summed E-state index contributed by atoms with van der Waals surface area (Å²) in [5.74, 6) is 5.67. The van der Waals surface area contributed by atoms with Crippen molar-refractivity contribution in [2.75, 3.05) is 13.1 Å². The molecule has 0 atom stereocenters. The Bertz CT molecular complexity index is 602. The Kier molecular flexibility index (Phi) is 3.93. The third-order valence-electron chi connectivity index (χ3n) is 2.98. The molecule has 1 N–H and O–H groups in total. The molecular weight excluding hydrogens is 268 g/mol. The molecule has 0 spiro atoms. The van der Waals surface area contributed by atoms with Crippen molar-refractivity contribution in [2.24, 2.45) is 0 Å². The van der Waals surface area contributed by atoms with E-state index in [4.69, 9.17) is 4.74 Å². The first-order valence-corrected chi connectivity index (χ1v) is 6.84. The van der Waals surface area contributed by atoms with Crippen LogP contribution in [0.4, 0.5) is 4.79 Å². The Morgan fingerprint density at radius 2 is 2.14 bits per heavy atom. The molecule has 1 aromatic heterocycles. The van der Waals surface area contributed by atoms with E-state index in [1.54, 1.807) is 27.0 Å². The van der Waals surface area contributed by atoms with Crippen molar-refractivity contribution in [3.8, 4) is 11.8 Å². The first kappa shape index (κ1) is 15.3. The maximum absolute atomic E-state index is 11.8. The van der Waals surface area contributed by atoms with Crippen LogP contribution in [0.1, 0.15) is 32.0 Å². The highest BCUT2D eigenvalue weighted by molar-refractivity contribution is 5.70. The number of hydrogen-bond donors (Lipinski definition) is 1. The van der Waals surface area contributed by atoms with E-state index in [1.165, 1.54) is 4.90 Å². The molecule has 0 bridgehead atoms. The van der Waals surface area contributed by atoms with Crippen LogP contribution in [0.3, 0.4) is 0 Å². The van der Waals surface area contributed by atoms with E-state index >= 15 is 0 Å². The van der Waals surface area contributed by atoms with E-state index in [1.807, 2.05) is 19.1 Å². The quantitative estimate of drug-likeness (QED) is 0.738. The lowest BCUT2D eigenvalue weighted by atomic mass is 9.95. The van der Waals surface area contributed by atoms with Crippen LogP contribution in [0.2, 0.25) is 0 Å². The summed E-state index contributed by atoms with van der Waals surface area (Å²) in [6.07, 6.45) is 1.23. The number of carbonyl (C=O) groups excluding carboxylic acids is 1. The molecule has 0 aliphatic carbocycles. The van der Waals surface area contributed by atoms with Crippen LogP contribution >= 0.6 is 0 Å². The zero-order valence-electron chi connectivity index (χ0n) is 12.8. The van der Waals surface area contributed by atoms with Crippen LogP contribution in [-0.4, -0.2) is 45.4 Å². The Morgan fingerprint density at radius 1 is 1.48 bits per heavy atom. The number of nitrogens with zero attached hydrogens (tertiary/aromatic N) is 2. The van der Waals surface area contributed by atoms with Gasteiger partial charge in [-0.3, -0.25) is 0 Å². The highest BCUT2D eigenvalue weighted by Crippen LogP contribution is 2.23. The SMILES string of the molecule is Cc1cccnc1C#CC1(O)CN(C(=O)OC(C)(C)C)C1. The number of aromatic nitrogens is 1. The third-order valence-corrected chi connectivity index (χ3v) is 2.98. The smallest absolute Gasteiger partial charge is 0.410 e. The van der Waals surface area contributed by atoms with Gasteiger partial charge >= 0.3 is 6.09 Å². The summed E-state index contributed by atoms with van der Waals surface area (Å²) in [6.45, 7) is 7.64. The molecule has 1 aromatic rings. The van der Waals surface area contributed by atoms with Gasteiger partial charge in [0.2, 0.25) is 0 Å². The minimum Gasteiger partial charge on any atom is -0.444 e. The fraction of sp³-hybridized carbons (Fsp3) is 0.500. The first-order chi connectivity index (χ1) is 9.69. The molecule has 5 heteroatoms. The summed E-state index contributed by atoms with van der Waals surface area (Å²) < 4.78 is 5.23. The standard InChI is InChI=1S/C16H20N2O3/c1-12-6-5-9-17-13(12)7-8-16(20)10-18(11-16)14(19)21-15(2,3)4/h5-6,9,20H,10-11H2,1-4H3. The van der Waals surface area contributed by atoms with E-state index in [9.17, 15) is 9.90 Å². The normalized spacial score (nSPS) is 16.5. The predicted octanol–water partition coefficient (Wildman–Crippen LogP) is 1.72. The molecule has 1 fully saturated rings. The number of β-amino-alcohol motifs (C(OH)–C–C–N with tert-alkyl or cyclic N) is 1. The van der Waals surface area contributed by atoms with Crippen LogP contribution < -0.4 is 0 Å². The number of aliphatic hydroxyl groups is 1. The van der Waals surface area contributed by atoms with Crippen LogP contribution in [0, 0.1) is 18.8 Å². The molecule has 0 unspecified atom stereocenters. The summed E-state index contributed by atoms with van der Waals surface area (Å²) in [4.78, 5) is 17.4. The molecule has 2 heterocycles. The molecule has 1 saturated heterocycles. The first-order valence-electron chi connectivity index (χ1n) is 6.84. The van der Waals surface area contributed by atoms with Crippen LogP contribution in [0.25, 0.3) is 0 Å². The third kappa shape index (κ3) is 3.96. The molecule has 1 aliphatic heterocycles. The number of hydrogen-bond acceptors (Lipinski definition) is 4. The highest BCUT2D eigenvalue weighted by Gasteiger charge is 2.44. The summed E-state index contributed by atoms with van der Waals surface area (Å²) in [5.41, 5.74) is -0.124. The van der Waals surface area contributed by atoms with Gasteiger partial charge in [0.25, 0.3) is 0 Å². The van der Waals surface area contributed by atoms with Gasteiger partial charge in [-0.15, -0.1) is 0 Å². The minimum absolute atomic E-state index is 0.154. The van der Waals surface area contributed by atoms with Gasteiger partial charge in [0.15, 0.2) is 5.60 Å². The topological polar surface area (TPSA) is 62.7 Å². The largest absolute Gasteiger partial charge is 0.444 e. The van der Waals surface area contributed by atoms with Crippen molar-refractivity contribution in [1.29, 1.82) is 0 Å². The summed E-state index contributed by atoms with van der Waals surface area (Å²) in [5, 5.41) is 10.2. The predicted molar refractivity (Wildman–Crippen MR) is 78.6 cm³/mol. The lowest BCUT2D eigenvalue weighted by molar-refractivity contribution is -0.0637. The Balaban J connectivity index is 1.97. The van der Waals surface area contributed by atoms with E-state index in [-0.39, 0.29) is 13.1 Å². The summed E-state index contributed by atoms with van der Waals surface area (Å²) >= 11 is 0. The Labute approximate surface area is 124 Å². The molecular formula is C16H20N2O3. The van der Waals surface area contributed by atoms with Gasteiger partial charge in [-0.2, -0.15) is 0 Å². The van der Waals surface area contributed by atoms with Crippen molar-refractivity contribution < 1.29 is 14.6 Å². The van der Waals surface area contributed by atoms with Crippen molar-refractivity contribution in [2.45, 2.75) is 38.9 Å². The monoisotopic (exact) mass is 288 g/mol. The Morgan fingerprint density at radius 3 is 2.71 bits per heavy atom. The average Bonchev–Trinajstić information content (AvgIpc) is 2.32. The lowest BCUT2D eigenvalue weighted by Gasteiger charge is -2.43. The van der Waals surface area contributed by atoms with Crippen molar-refractivity contribution in [3.05, 3.63) is 29.6 Å². The number of likely N-dealkylation sites (tertiary alicyclic amines) is 1. The van der Waals surface area contributed by atoms with Gasteiger partial charge < -0.3 is 14.7 Å². The lowest BCUT2D eigenvalue weighted by Crippen LogP contribution is -2.63. The van der Waals surface area contributed by atoms with Crippen LogP contribution in [0.15, 0.2) is 18.3 Å². The second kappa shape index (κ2) is 5.38. The molecule has 0 saturated carbocycles. The van der Waals surface area contributed by atoms with Crippen molar-refractivity contribution in [3.63, 3.8) is 0 Å². The molecule has 112 valence electrons. The van der Waals surface area contributed by atoms with Crippen LogP contribution in [-0.2, 0) is 4.74 Å². The molecule has 1 aliphatic rings. The molecule has 1 amide bonds. The van der Waals surface area contributed by atoms with E-state index in [0.717, 1.165) is 5.56 Å². The average molecular weight is 288 g/mol. The van der Waals surface area contributed by atoms with E-state index in [0.29, 0.717) is 5.69 Å². The molecule has 0 aromatic carbocycles. The van der Waals surface area contributed by atoms with Gasteiger partial charge in [0.05, 0.1) is 13.1 Å². The Hall–Kier alpha value is -2.06. The number of carbonyl (C=O) groups is 1. The van der Waals surface area contributed by atoms with Gasteiger partial charge in [0, 0.05) is 6.20 Å². The second-order valence-corrected chi connectivity index (χ2v) is 6.29. The zero-order chi connectivity index (χ0) is 15.7. The maximum atomic E-state index is 11.8. The summed E-state index contributed by atoms with van der Waals surface area (Å²) in [6, 6.07) is 3.75.